The average molecular weight is 335 g/mol. The average Bonchev–Trinajstić information content (AvgIpc) is 2.91. The van der Waals surface area contributed by atoms with Gasteiger partial charge in [-0.2, -0.15) is 0 Å². The van der Waals surface area contributed by atoms with Gasteiger partial charge in [-0.15, -0.1) is 0 Å². The van der Waals surface area contributed by atoms with Gasteiger partial charge < -0.3 is 9.30 Å². The van der Waals surface area contributed by atoms with Crippen LogP contribution in [0.25, 0.3) is 23.9 Å². The first-order valence-corrected chi connectivity index (χ1v) is 8.33. The number of methoxy groups -OCH3 is 1. The van der Waals surface area contributed by atoms with Gasteiger partial charge in [0.1, 0.15) is 0 Å². The summed E-state index contributed by atoms with van der Waals surface area (Å²) in [7, 11) is 1.63. The van der Waals surface area contributed by atoms with E-state index in [1.807, 2.05) is 43.3 Å². The predicted octanol–water partition coefficient (Wildman–Crippen LogP) is 1.86. The molecule has 0 amide bonds. The van der Waals surface area contributed by atoms with Gasteiger partial charge in [0.05, 0.1) is 11.3 Å². The van der Waals surface area contributed by atoms with Crippen molar-refractivity contribution in [2.75, 3.05) is 13.7 Å². The van der Waals surface area contributed by atoms with E-state index in [1.165, 1.54) is 0 Å². The summed E-state index contributed by atoms with van der Waals surface area (Å²) in [5, 5.41) is 0.970. The van der Waals surface area contributed by atoms with Gasteiger partial charge in [0.25, 0.3) is 5.56 Å². The standard InChI is InChI=1S/C21H21NO3/c1-4-5-9-15-14(2)21(24)22(12-8-13-25-3)19-16-10-6-7-11-17(16)20(23)18(15)19/h4-7,9-11H,2,8,12-13H2,1,3H3/b5-4-,15-9+. The van der Waals surface area contributed by atoms with Gasteiger partial charge in [0.2, 0.25) is 0 Å². The maximum Gasteiger partial charge on any atom is 0.258 e. The van der Waals surface area contributed by atoms with E-state index in [4.69, 9.17) is 4.74 Å². The molecule has 0 N–H and O–H groups in total. The van der Waals surface area contributed by atoms with Gasteiger partial charge in [-0.05, 0) is 18.6 Å². The molecule has 4 heteroatoms. The van der Waals surface area contributed by atoms with E-state index in [0.29, 0.717) is 46.8 Å². The zero-order valence-electron chi connectivity index (χ0n) is 14.5. The molecule has 0 spiro atoms. The molecule has 128 valence electrons. The molecule has 1 aromatic carbocycles. The normalized spacial score (nSPS) is 13.5. The minimum absolute atomic E-state index is 0.0493. The Morgan fingerprint density at radius 1 is 1.20 bits per heavy atom. The third kappa shape index (κ3) is 2.79. The molecule has 0 saturated carbocycles. The summed E-state index contributed by atoms with van der Waals surface area (Å²) < 4.78 is 6.78. The Kier molecular flexibility index (Phi) is 4.81. The number of ketones is 1. The zero-order valence-corrected chi connectivity index (χ0v) is 14.5. The number of hydrogen-bond acceptors (Lipinski definition) is 3. The molecule has 0 atom stereocenters. The topological polar surface area (TPSA) is 48.3 Å². The quantitative estimate of drug-likeness (QED) is 0.669. The Hall–Kier alpha value is -2.72. The van der Waals surface area contributed by atoms with E-state index in [1.54, 1.807) is 17.8 Å². The van der Waals surface area contributed by atoms with E-state index in [-0.39, 0.29) is 11.3 Å². The molecule has 0 aliphatic heterocycles. The van der Waals surface area contributed by atoms with Crippen LogP contribution in [0.3, 0.4) is 0 Å². The highest BCUT2D eigenvalue weighted by Gasteiger charge is 2.31. The number of allylic oxidation sites excluding steroid dienone is 2. The second-order valence-electron chi connectivity index (χ2n) is 5.99. The van der Waals surface area contributed by atoms with E-state index in [9.17, 15) is 9.59 Å². The Labute approximate surface area is 146 Å². The summed E-state index contributed by atoms with van der Waals surface area (Å²) in [4.78, 5) is 25.9. The SMILES string of the molecule is C=c1c(=O)n(CCCOC)c2c(/c1=C/C=C\C)C(=O)c1ccccc1-2. The van der Waals surface area contributed by atoms with Crippen molar-refractivity contribution in [3.63, 3.8) is 0 Å². The van der Waals surface area contributed by atoms with Gasteiger partial charge in [0.15, 0.2) is 5.78 Å². The molecule has 1 aromatic heterocycles. The van der Waals surface area contributed by atoms with Crippen molar-refractivity contribution in [2.45, 2.75) is 19.9 Å². The molecule has 1 aliphatic rings. The Morgan fingerprint density at radius 3 is 2.60 bits per heavy atom. The molecule has 0 radical (unpaired) electrons. The van der Waals surface area contributed by atoms with Crippen LogP contribution in [0.1, 0.15) is 29.3 Å². The van der Waals surface area contributed by atoms with Crippen LogP contribution in [0.2, 0.25) is 0 Å². The number of nitrogens with zero attached hydrogens (tertiary/aromatic N) is 1. The minimum Gasteiger partial charge on any atom is -0.385 e. The highest BCUT2D eigenvalue weighted by molar-refractivity contribution is 6.21. The lowest BCUT2D eigenvalue weighted by Gasteiger charge is -2.13. The van der Waals surface area contributed by atoms with Crippen molar-refractivity contribution in [3.8, 4) is 11.3 Å². The van der Waals surface area contributed by atoms with Crippen molar-refractivity contribution >= 4 is 18.4 Å². The fraction of sp³-hybridized carbons (Fsp3) is 0.238. The molecule has 1 aliphatic carbocycles. The molecule has 0 saturated heterocycles. The van der Waals surface area contributed by atoms with Gasteiger partial charge in [-0.25, -0.2) is 0 Å². The highest BCUT2D eigenvalue weighted by atomic mass is 16.5. The fourth-order valence-corrected chi connectivity index (χ4v) is 3.28. The minimum atomic E-state index is -0.157. The number of aromatic nitrogens is 1. The number of hydrogen-bond donors (Lipinski definition) is 0. The fourth-order valence-electron chi connectivity index (χ4n) is 3.28. The van der Waals surface area contributed by atoms with Crippen LogP contribution < -0.4 is 16.0 Å². The Balaban J connectivity index is 2.39. The number of carbonyl (C=O) groups is 1. The first-order chi connectivity index (χ1) is 12.1. The van der Waals surface area contributed by atoms with Crippen molar-refractivity contribution in [3.05, 3.63) is 68.3 Å². The molecule has 0 unspecified atom stereocenters. The lowest BCUT2D eigenvalue weighted by atomic mass is 10.1. The second-order valence-corrected chi connectivity index (χ2v) is 5.99. The molecule has 25 heavy (non-hydrogen) atoms. The first kappa shape index (κ1) is 17.1. The Morgan fingerprint density at radius 2 is 1.92 bits per heavy atom. The lowest BCUT2D eigenvalue weighted by molar-refractivity contribution is 0.104. The van der Waals surface area contributed by atoms with Crippen LogP contribution in [0, 0.1) is 0 Å². The summed E-state index contributed by atoms with van der Waals surface area (Å²) in [6, 6.07) is 7.44. The van der Waals surface area contributed by atoms with Crippen molar-refractivity contribution in [2.24, 2.45) is 0 Å². The Bertz CT molecular complexity index is 1030. The van der Waals surface area contributed by atoms with Crippen LogP contribution in [0.5, 0.6) is 0 Å². The number of rotatable bonds is 5. The predicted molar refractivity (Wildman–Crippen MR) is 100 cm³/mol. The molecular weight excluding hydrogens is 314 g/mol. The van der Waals surface area contributed by atoms with Crippen LogP contribution in [0.15, 0.2) is 41.2 Å². The molecule has 1 heterocycles. The summed E-state index contributed by atoms with van der Waals surface area (Å²) in [5.41, 5.74) is 2.56. The van der Waals surface area contributed by atoms with E-state index in [2.05, 4.69) is 6.58 Å². The number of fused-ring (bicyclic) bond motifs is 3. The largest absolute Gasteiger partial charge is 0.385 e. The highest BCUT2D eigenvalue weighted by Crippen LogP contribution is 2.33. The summed E-state index contributed by atoms with van der Waals surface area (Å²) in [5.74, 6) is -0.0493. The molecule has 3 rings (SSSR count). The summed E-state index contributed by atoms with van der Waals surface area (Å²) in [6.45, 7) is 6.89. The lowest BCUT2D eigenvalue weighted by Crippen LogP contribution is -2.47. The molecule has 0 bridgehead atoms. The van der Waals surface area contributed by atoms with Gasteiger partial charge in [-0.1, -0.05) is 49.1 Å². The summed E-state index contributed by atoms with van der Waals surface area (Å²) in [6.07, 6.45) is 6.18. The van der Waals surface area contributed by atoms with Crippen molar-refractivity contribution in [1.29, 1.82) is 0 Å². The number of carbonyl (C=O) groups excluding carboxylic acids is 1. The summed E-state index contributed by atoms with van der Waals surface area (Å²) >= 11 is 0. The monoisotopic (exact) mass is 335 g/mol. The maximum absolute atomic E-state index is 13.0. The van der Waals surface area contributed by atoms with Crippen LogP contribution in [0.4, 0.5) is 0 Å². The van der Waals surface area contributed by atoms with Gasteiger partial charge >= 0.3 is 0 Å². The van der Waals surface area contributed by atoms with E-state index >= 15 is 0 Å². The first-order valence-electron chi connectivity index (χ1n) is 8.33. The maximum atomic E-state index is 13.0. The third-order valence-corrected chi connectivity index (χ3v) is 4.44. The molecular formula is C21H21NO3. The molecule has 0 fully saturated rings. The van der Waals surface area contributed by atoms with Crippen molar-refractivity contribution < 1.29 is 9.53 Å². The number of pyridine rings is 1. The third-order valence-electron chi connectivity index (χ3n) is 4.44. The number of benzene rings is 1. The second kappa shape index (κ2) is 7.03. The molecule has 4 nitrogen and oxygen atoms in total. The van der Waals surface area contributed by atoms with Crippen LogP contribution in [-0.2, 0) is 11.3 Å². The number of ether oxygens (including phenoxy) is 1. The van der Waals surface area contributed by atoms with Gasteiger partial charge in [-0.3, -0.25) is 9.59 Å². The zero-order chi connectivity index (χ0) is 18.0. The smallest absolute Gasteiger partial charge is 0.258 e. The molecule has 2 aromatic rings. The van der Waals surface area contributed by atoms with E-state index < -0.39 is 0 Å². The van der Waals surface area contributed by atoms with Crippen LogP contribution in [-0.4, -0.2) is 24.1 Å². The van der Waals surface area contributed by atoms with Crippen LogP contribution >= 0.6 is 0 Å². The van der Waals surface area contributed by atoms with Gasteiger partial charge in [0, 0.05) is 36.6 Å². The van der Waals surface area contributed by atoms with Crippen molar-refractivity contribution in [1.82, 2.24) is 4.57 Å². The van der Waals surface area contributed by atoms with E-state index in [0.717, 1.165) is 5.56 Å².